The van der Waals surface area contributed by atoms with Gasteiger partial charge >= 0.3 is 0 Å². The Balaban J connectivity index is 0.000000147. The SMILES string of the molecule is C.CCCCCN(Cc1cscn1)C[C@H]1Cc2ccccc2CN1.CCCCCN(Cc1nccs1)C[C@H]1Cc2ccccc2CN1.Cc1cnc(CN(C)C[C@H]2Cc3c(cccc3N3CCN4CCCC4C3)CN2)c(C)c1.Cc1nc(CN(CCCCN)C[C@H]2Cc3ccccc3CN2)cs1. The lowest BCUT2D eigenvalue weighted by atomic mass is 9.92. The van der Waals surface area contributed by atoms with Gasteiger partial charge in [0.15, 0.2) is 0 Å². The van der Waals surface area contributed by atoms with Crippen LogP contribution in [0.25, 0.3) is 0 Å². The fourth-order valence-corrected chi connectivity index (χ4v) is 17.7. The van der Waals surface area contributed by atoms with Gasteiger partial charge in [-0.3, -0.25) is 29.5 Å². The van der Waals surface area contributed by atoms with Gasteiger partial charge in [-0.05, 0) is 186 Å². The van der Waals surface area contributed by atoms with Gasteiger partial charge in [0.25, 0.3) is 0 Å². The van der Waals surface area contributed by atoms with E-state index in [0.29, 0.717) is 24.2 Å². The van der Waals surface area contributed by atoms with Crippen molar-refractivity contribution in [3.63, 3.8) is 0 Å². The third-order valence-electron chi connectivity index (χ3n) is 21.3. The standard InChI is InChI=1S/C26H37N5.C19H28N4S.2C19H27N3S.CH4/c1-19-12-20(2)25(28-14-19)18-29(3)16-22-13-24-21(15-27-22)6-4-8-26(24)31-11-10-30-9-5-7-23(30)17-31;1-15-22-19(14-24-15)13-23(9-5-4-8-20)12-18-10-16-6-2-3-7-17(16)11-21-18;1-2-3-6-10-22(15-19-20-9-11-23-19)14-18-12-16-7-4-5-8-17(16)13-21-18;1-2-3-6-9-22(13-19-14-23-15-21-19)12-18-10-16-7-4-5-8-17(16)11-20-18;/h4,6,8,12,14,22-23,27H,5,7,9-11,13,15-18H2,1-3H3;2-3,6-7,14,18,21H,4-5,8-13,20H2,1H3;4-5,7-9,11,18,21H,2-3,6,10,12-15H2,1H3;4-5,7-8,14-15,18,20H,2-3,6,9-13H2,1H3;1H4/t22-,23?;3*18-;/m1111./s1. The number of rotatable bonds is 29. The third-order valence-corrected chi connectivity index (χ3v) is 23.5. The molecule has 0 amide bonds. The van der Waals surface area contributed by atoms with Crippen LogP contribution in [0.1, 0.15) is 168 Å². The number of fused-ring (bicyclic) bond motifs is 5. The summed E-state index contributed by atoms with van der Waals surface area (Å²) in [6.07, 6.45) is 21.1. The first-order valence-electron chi connectivity index (χ1n) is 38.4. The molecular weight excluding hydrogens is 1320 g/mol. The van der Waals surface area contributed by atoms with E-state index in [4.69, 9.17) is 5.73 Å². The number of nitrogens with two attached hydrogens (primary N) is 1. The number of nitrogens with zero attached hydrogens (tertiary/aromatic N) is 10. The molecule has 552 valence electrons. The number of unbranched alkanes of at least 4 members (excludes halogenated alkanes) is 5. The molecule has 2 saturated heterocycles. The van der Waals surface area contributed by atoms with Crippen molar-refractivity contribution >= 4 is 39.7 Å². The van der Waals surface area contributed by atoms with Crippen LogP contribution in [0.15, 0.2) is 131 Å². The number of aromatic nitrogens is 4. The molecule has 10 heterocycles. The highest BCUT2D eigenvalue weighted by molar-refractivity contribution is 7.09. The highest BCUT2D eigenvalue weighted by Crippen LogP contribution is 2.33. The summed E-state index contributed by atoms with van der Waals surface area (Å²) in [5, 5.41) is 23.8. The highest BCUT2D eigenvalue weighted by Gasteiger charge is 2.33. The highest BCUT2D eigenvalue weighted by atomic mass is 32.1. The average Bonchev–Trinajstić information content (AvgIpc) is 1.21. The molecule has 6 aliphatic heterocycles. The van der Waals surface area contributed by atoms with Crippen molar-refractivity contribution in [3.05, 3.63) is 214 Å². The molecular formula is C84H123N15S3. The molecule has 0 spiro atoms. The zero-order valence-electron chi connectivity index (χ0n) is 61.9. The molecule has 6 N–H and O–H groups in total. The molecule has 0 saturated carbocycles. The maximum atomic E-state index is 5.67. The number of likely N-dealkylation sites (N-methyl/N-ethyl adjacent to an activating group) is 1. The van der Waals surface area contributed by atoms with Gasteiger partial charge < -0.3 is 31.9 Å². The van der Waals surface area contributed by atoms with E-state index in [2.05, 4.69) is 225 Å². The topological polar surface area (TPSA) is 145 Å². The molecule has 1 unspecified atom stereocenters. The van der Waals surface area contributed by atoms with E-state index in [9.17, 15) is 0 Å². The minimum atomic E-state index is 0. The van der Waals surface area contributed by atoms with Gasteiger partial charge in [0.05, 0.1) is 34.1 Å². The Bertz CT molecular complexity index is 3570. The van der Waals surface area contributed by atoms with E-state index in [1.165, 1.54) is 168 Å². The van der Waals surface area contributed by atoms with Gasteiger partial charge in [-0.2, -0.15) is 0 Å². The van der Waals surface area contributed by atoms with Crippen LogP contribution in [0.3, 0.4) is 0 Å². The molecule has 0 aliphatic carbocycles. The largest absolute Gasteiger partial charge is 0.368 e. The predicted octanol–water partition coefficient (Wildman–Crippen LogP) is 14.2. The Labute approximate surface area is 626 Å². The second-order valence-electron chi connectivity index (χ2n) is 29.5. The quantitative estimate of drug-likeness (QED) is 0.0283. The number of anilines is 1. The molecule has 5 atom stereocenters. The van der Waals surface area contributed by atoms with E-state index < -0.39 is 0 Å². The lowest BCUT2D eigenvalue weighted by Gasteiger charge is -2.41. The van der Waals surface area contributed by atoms with Crippen molar-refractivity contribution < 1.29 is 0 Å². The van der Waals surface area contributed by atoms with E-state index in [1.54, 1.807) is 39.6 Å². The molecule has 4 aromatic heterocycles. The minimum absolute atomic E-state index is 0. The maximum Gasteiger partial charge on any atom is 0.107 e. The summed E-state index contributed by atoms with van der Waals surface area (Å²) < 4.78 is 0. The Morgan fingerprint density at radius 1 is 0.559 bits per heavy atom. The van der Waals surface area contributed by atoms with Crippen molar-refractivity contribution in [2.75, 3.05) is 90.5 Å². The number of thiazole rings is 3. The number of hydrogen-bond acceptors (Lipinski definition) is 18. The van der Waals surface area contributed by atoms with Crippen LogP contribution >= 0.6 is 34.0 Å². The first-order chi connectivity index (χ1) is 49.5. The van der Waals surface area contributed by atoms with Crippen molar-refractivity contribution in [1.29, 1.82) is 0 Å². The Morgan fingerprint density at radius 2 is 1.12 bits per heavy atom. The molecule has 14 rings (SSSR count). The number of nitrogens with one attached hydrogen (secondary N) is 4. The van der Waals surface area contributed by atoms with Crippen LogP contribution in [-0.4, -0.2) is 160 Å². The van der Waals surface area contributed by atoms with Crippen LogP contribution in [0.5, 0.6) is 0 Å². The number of hydrogen-bond donors (Lipinski definition) is 5. The van der Waals surface area contributed by atoms with Crippen LogP contribution in [0, 0.1) is 20.8 Å². The second kappa shape index (κ2) is 41.9. The minimum Gasteiger partial charge on any atom is -0.368 e. The molecule has 18 heteroatoms. The molecule has 0 bridgehead atoms. The second-order valence-corrected chi connectivity index (χ2v) is 32.2. The fourth-order valence-electron chi connectivity index (χ4n) is 15.9. The number of aryl methyl sites for hydroxylation is 3. The third kappa shape index (κ3) is 24.4. The van der Waals surface area contributed by atoms with Crippen molar-refractivity contribution in [3.8, 4) is 0 Å². The summed E-state index contributed by atoms with van der Waals surface area (Å²) in [6.45, 7) is 32.1. The Kier molecular flexibility index (Phi) is 32.4. The predicted molar refractivity (Wildman–Crippen MR) is 431 cm³/mol. The van der Waals surface area contributed by atoms with Crippen LogP contribution in [-0.2, 0) is 78.0 Å². The average molecular weight is 1440 g/mol. The van der Waals surface area contributed by atoms with Crippen molar-refractivity contribution in [2.45, 2.75) is 215 Å². The Morgan fingerprint density at radius 3 is 1.66 bits per heavy atom. The molecule has 4 aromatic carbocycles. The van der Waals surface area contributed by atoms with Gasteiger partial charge in [0, 0.05) is 156 Å². The van der Waals surface area contributed by atoms with Gasteiger partial charge in [-0.1, -0.05) is 138 Å². The summed E-state index contributed by atoms with van der Waals surface area (Å²) in [4.78, 5) is 33.8. The summed E-state index contributed by atoms with van der Waals surface area (Å²) >= 11 is 5.20. The summed E-state index contributed by atoms with van der Waals surface area (Å²) in [6, 6.07) is 38.5. The summed E-state index contributed by atoms with van der Waals surface area (Å²) in [5.74, 6) is 0. The molecule has 0 radical (unpaired) electrons. The Hall–Kier alpha value is -5.68. The lowest BCUT2D eigenvalue weighted by Crippen LogP contribution is -2.51. The number of piperazine rings is 1. The van der Waals surface area contributed by atoms with Crippen LogP contribution in [0.4, 0.5) is 5.69 Å². The van der Waals surface area contributed by atoms with Gasteiger partial charge in [0.1, 0.15) is 5.01 Å². The smallest absolute Gasteiger partial charge is 0.107 e. The van der Waals surface area contributed by atoms with Crippen LogP contribution in [0.2, 0.25) is 0 Å². The molecule has 102 heavy (non-hydrogen) atoms. The lowest BCUT2D eigenvalue weighted by molar-refractivity contribution is 0.222. The van der Waals surface area contributed by atoms with Crippen LogP contribution < -0.4 is 31.9 Å². The van der Waals surface area contributed by atoms with Crippen molar-refractivity contribution in [2.24, 2.45) is 5.73 Å². The van der Waals surface area contributed by atoms with E-state index >= 15 is 0 Å². The van der Waals surface area contributed by atoms with Gasteiger partial charge in [0.2, 0.25) is 0 Å². The van der Waals surface area contributed by atoms with Crippen molar-refractivity contribution in [1.82, 2.24) is 65.7 Å². The molecule has 6 aliphatic rings. The zero-order valence-corrected chi connectivity index (χ0v) is 64.4. The fraction of sp³-hybridized carbons (Fsp3) is 0.548. The first kappa shape index (κ1) is 78.9. The molecule has 2 fully saturated rings. The zero-order chi connectivity index (χ0) is 70.0. The number of benzene rings is 4. The number of pyridine rings is 1. The van der Waals surface area contributed by atoms with Gasteiger partial charge in [-0.25, -0.2) is 15.0 Å². The van der Waals surface area contributed by atoms with E-state index in [0.717, 1.165) is 141 Å². The summed E-state index contributed by atoms with van der Waals surface area (Å²) in [7, 11) is 2.23. The monoisotopic (exact) mass is 1440 g/mol. The van der Waals surface area contributed by atoms with E-state index in [-0.39, 0.29) is 7.43 Å². The molecule has 15 nitrogen and oxygen atoms in total. The maximum absolute atomic E-state index is 5.67. The summed E-state index contributed by atoms with van der Waals surface area (Å²) in [5.41, 5.74) is 27.2. The van der Waals surface area contributed by atoms with Gasteiger partial charge in [-0.15, -0.1) is 34.0 Å². The molecule has 8 aromatic rings. The van der Waals surface area contributed by atoms with E-state index in [1.807, 2.05) is 17.9 Å². The normalized spacial score (nSPS) is 19.1. The first-order valence-corrected chi connectivity index (χ1v) is 41.1.